The van der Waals surface area contributed by atoms with Crippen molar-refractivity contribution in [2.24, 2.45) is 0 Å². The zero-order valence-electron chi connectivity index (χ0n) is 15.0. The SMILES string of the molecule is COc1ccc(Br)cc1/C=C/C(=O)Nc1ccc(Oc2ccc(Cl)cc2)cc1. The Morgan fingerprint density at radius 3 is 2.29 bits per heavy atom. The molecule has 3 rings (SSSR count). The maximum absolute atomic E-state index is 12.2. The Hall–Kier alpha value is -2.76. The summed E-state index contributed by atoms with van der Waals surface area (Å²) in [5.74, 6) is 1.80. The number of hydrogen-bond donors (Lipinski definition) is 1. The summed E-state index contributed by atoms with van der Waals surface area (Å²) in [4.78, 5) is 12.2. The van der Waals surface area contributed by atoms with Crippen molar-refractivity contribution < 1.29 is 14.3 Å². The van der Waals surface area contributed by atoms with E-state index in [-0.39, 0.29) is 5.91 Å². The Bertz CT molecular complexity index is 986. The zero-order chi connectivity index (χ0) is 19.9. The lowest BCUT2D eigenvalue weighted by molar-refractivity contribution is -0.111. The molecule has 0 saturated heterocycles. The van der Waals surface area contributed by atoms with Crippen molar-refractivity contribution in [2.45, 2.75) is 0 Å². The first-order valence-electron chi connectivity index (χ1n) is 8.39. The molecule has 0 aliphatic carbocycles. The zero-order valence-corrected chi connectivity index (χ0v) is 17.3. The second kappa shape index (κ2) is 9.44. The van der Waals surface area contributed by atoms with Gasteiger partial charge >= 0.3 is 0 Å². The minimum Gasteiger partial charge on any atom is -0.496 e. The molecule has 0 aliphatic heterocycles. The molecule has 3 aromatic rings. The van der Waals surface area contributed by atoms with E-state index >= 15 is 0 Å². The van der Waals surface area contributed by atoms with Gasteiger partial charge in [0.25, 0.3) is 0 Å². The maximum atomic E-state index is 12.2. The highest BCUT2D eigenvalue weighted by Gasteiger charge is 2.03. The summed E-state index contributed by atoms with van der Waals surface area (Å²) < 4.78 is 11.9. The van der Waals surface area contributed by atoms with Gasteiger partial charge in [-0.05, 0) is 72.8 Å². The van der Waals surface area contributed by atoms with Crippen LogP contribution in [0.3, 0.4) is 0 Å². The number of nitrogens with one attached hydrogen (secondary N) is 1. The molecule has 0 bridgehead atoms. The van der Waals surface area contributed by atoms with Gasteiger partial charge in [-0.1, -0.05) is 27.5 Å². The van der Waals surface area contributed by atoms with Crippen LogP contribution in [0.25, 0.3) is 6.08 Å². The van der Waals surface area contributed by atoms with Crippen molar-refractivity contribution in [3.63, 3.8) is 0 Å². The second-order valence-corrected chi connectivity index (χ2v) is 7.14. The van der Waals surface area contributed by atoms with Gasteiger partial charge in [0.15, 0.2) is 0 Å². The number of anilines is 1. The first-order chi connectivity index (χ1) is 13.5. The fourth-order valence-electron chi connectivity index (χ4n) is 2.43. The minimum absolute atomic E-state index is 0.242. The molecule has 6 heteroatoms. The Kier molecular flexibility index (Phi) is 6.74. The van der Waals surface area contributed by atoms with E-state index in [2.05, 4.69) is 21.2 Å². The monoisotopic (exact) mass is 457 g/mol. The molecule has 142 valence electrons. The molecule has 0 unspecified atom stereocenters. The van der Waals surface area contributed by atoms with Crippen LogP contribution in [0.2, 0.25) is 5.02 Å². The number of methoxy groups -OCH3 is 1. The van der Waals surface area contributed by atoms with Gasteiger partial charge in [-0.15, -0.1) is 0 Å². The third kappa shape index (κ3) is 5.62. The van der Waals surface area contributed by atoms with E-state index in [4.69, 9.17) is 21.1 Å². The van der Waals surface area contributed by atoms with Crippen molar-refractivity contribution in [3.8, 4) is 17.2 Å². The second-order valence-electron chi connectivity index (χ2n) is 5.79. The standard InChI is InChI=1S/C22H17BrClNO3/c1-27-21-12-3-16(23)14-15(21)2-13-22(26)25-18-6-10-20(11-7-18)28-19-8-4-17(24)5-9-19/h2-14H,1H3,(H,25,26)/b13-2+. The molecule has 1 amide bonds. The van der Waals surface area contributed by atoms with E-state index in [1.54, 1.807) is 61.7 Å². The van der Waals surface area contributed by atoms with Crippen molar-refractivity contribution in [2.75, 3.05) is 12.4 Å². The van der Waals surface area contributed by atoms with Gasteiger partial charge in [0.2, 0.25) is 5.91 Å². The molecule has 0 fully saturated rings. The van der Waals surface area contributed by atoms with Crippen molar-refractivity contribution in [3.05, 3.63) is 87.9 Å². The fraction of sp³-hybridized carbons (Fsp3) is 0.0455. The van der Waals surface area contributed by atoms with E-state index in [0.29, 0.717) is 28.0 Å². The van der Waals surface area contributed by atoms with Crippen LogP contribution in [0.4, 0.5) is 5.69 Å². The normalized spacial score (nSPS) is 10.7. The largest absolute Gasteiger partial charge is 0.496 e. The van der Waals surface area contributed by atoms with Gasteiger partial charge in [0.1, 0.15) is 17.2 Å². The number of carbonyl (C=O) groups is 1. The van der Waals surface area contributed by atoms with Crippen LogP contribution >= 0.6 is 27.5 Å². The van der Waals surface area contributed by atoms with Crippen LogP contribution in [0.15, 0.2) is 77.3 Å². The molecule has 4 nitrogen and oxygen atoms in total. The summed E-state index contributed by atoms with van der Waals surface area (Å²) in [6, 6.07) is 19.8. The average Bonchev–Trinajstić information content (AvgIpc) is 2.70. The minimum atomic E-state index is -0.242. The Balaban J connectivity index is 1.61. The number of carbonyl (C=O) groups excluding carboxylic acids is 1. The average molecular weight is 459 g/mol. The Morgan fingerprint density at radius 2 is 1.64 bits per heavy atom. The van der Waals surface area contributed by atoms with Gasteiger partial charge in [0.05, 0.1) is 7.11 Å². The van der Waals surface area contributed by atoms with Gasteiger partial charge in [-0.3, -0.25) is 4.79 Å². The third-order valence-corrected chi connectivity index (χ3v) is 4.52. The highest BCUT2D eigenvalue weighted by Crippen LogP contribution is 2.25. The number of ether oxygens (including phenoxy) is 2. The summed E-state index contributed by atoms with van der Waals surface area (Å²) >= 11 is 9.27. The number of rotatable bonds is 6. The van der Waals surface area contributed by atoms with Crippen molar-refractivity contribution in [1.82, 2.24) is 0 Å². The molecule has 0 aliphatic rings. The molecule has 28 heavy (non-hydrogen) atoms. The molecule has 1 N–H and O–H groups in total. The predicted molar refractivity (Wildman–Crippen MR) is 116 cm³/mol. The first-order valence-corrected chi connectivity index (χ1v) is 9.57. The fourth-order valence-corrected chi connectivity index (χ4v) is 2.93. The van der Waals surface area contributed by atoms with Gasteiger partial charge in [-0.2, -0.15) is 0 Å². The molecule has 0 heterocycles. The van der Waals surface area contributed by atoms with Crippen LogP contribution in [-0.4, -0.2) is 13.0 Å². The summed E-state index contributed by atoms with van der Waals surface area (Å²) in [7, 11) is 1.59. The van der Waals surface area contributed by atoms with E-state index in [0.717, 1.165) is 10.0 Å². The number of benzene rings is 3. The van der Waals surface area contributed by atoms with E-state index < -0.39 is 0 Å². The lowest BCUT2D eigenvalue weighted by Crippen LogP contribution is -2.07. The van der Waals surface area contributed by atoms with Crippen LogP contribution in [-0.2, 0) is 4.79 Å². The molecule has 0 aromatic heterocycles. The number of amides is 1. The summed E-state index contributed by atoms with van der Waals surface area (Å²) in [5.41, 5.74) is 1.47. The molecular formula is C22H17BrClNO3. The third-order valence-electron chi connectivity index (χ3n) is 3.78. The van der Waals surface area contributed by atoms with Gasteiger partial charge in [0, 0.05) is 26.8 Å². The molecule has 0 atom stereocenters. The highest BCUT2D eigenvalue weighted by atomic mass is 79.9. The highest BCUT2D eigenvalue weighted by molar-refractivity contribution is 9.10. The van der Waals surface area contributed by atoms with Crippen LogP contribution in [0.1, 0.15) is 5.56 Å². The lowest BCUT2D eigenvalue weighted by Gasteiger charge is -2.07. The van der Waals surface area contributed by atoms with E-state index in [1.165, 1.54) is 6.08 Å². The van der Waals surface area contributed by atoms with Crippen LogP contribution in [0.5, 0.6) is 17.2 Å². The number of halogens is 2. The van der Waals surface area contributed by atoms with Crippen LogP contribution in [0, 0.1) is 0 Å². The predicted octanol–water partition coefficient (Wildman–Crippen LogP) is 6.56. The lowest BCUT2D eigenvalue weighted by atomic mass is 10.2. The summed E-state index contributed by atoms with van der Waals surface area (Å²) in [5, 5.41) is 3.46. The quantitative estimate of drug-likeness (QED) is 0.426. The molecule has 0 spiro atoms. The molecule has 3 aromatic carbocycles. The smallest absolute Gasteiger partial charge is 0.248 e. The first kappa shape index (κ1) is 20.0. The molecule has 0 saturated carbocycles. The van der Waals surface area contributed by atoms with Crippen LogP contribution < -0.4 is 14.8 Å². The van der Waals surface area contributed by atoms with Gasteiger partial charge < -0.3 is 14.8 Å². The summed E-state index contributed by atoms with van der Waals surface area (Å²) in [6.07, 6.45) is 3.17. The Morgan fingerprint density at radius 1 is 1.00 bits per heavy atom. The van der Waals surface area contributed by atoms with E-state index in [1.807, 2.05) is 18.2 Å². The maximum Gasteiger partial charge on any atom is 0.248 e. The molecular weight excluding hydrogens is 442 g/mol. The van der Waals surface area contributed by atoms with Crippen molar-refractivity contribution in [1.29, 1.82) is 0 Å². The summed E-state index contributed by atoms with van der Waals surface area (Å²) in [6.45, 7) is 0. The molecule has 0 radical (unpaired) electrons. The number of hydrogen-bond acceptors (Lipinski definition) is 3. The van der Waals surface area contributed by atoms with Gasteiger partial charge in [-0.25, -0.2) is 0 Å². The van der Waals surface area contributed by atoms with E-state index in [9.17, 15) is 4.79 Å². The van der Waals surface area contributed by atoms with Crippen molar-refractivity contribution >= 4 is 45.2 Å². The topological polar surface area (TPSA) is 47.6 Å². The Labute approximate surface area is 176 Å².